The zero-order valence-corrected chi connectivity index (χ0v) is 10.8. The van der Waals surface area contributed by atoms with Gasteiger partial charge in [-0.25, -0.2) is 13.2 Å². The van der Waals surface area contributed by atoms with E-state index in [0.29, 0.717) is 5.56 Å². The molecule has 0 N–H and O–H groups in total. The fourth-order valence-corrected chi connectivity index (χ4v) is 2.36. The number of rotatable bonds is 3. The van der Waals surface area contributed by atoms with E-state index in [0.717, 1.165) is 0 Å². The number of hydrogen-bond donors (Lipinski definition) is 0. The molecule has 0 fully saturated rings. The lowest BCUT2D eigenvalue weighted by Crippen LogP contribution is -2.12. The highest BCUT2D eigenvalue weighted by molar-refractivity contribution is 5.35. The first-order valence-corrected chi connectivity index (χ1v) is 6.20. The van der Waals surface area contributed by atoms with Crippen molar-refractivity contribution >= 4 is 0 Å². The zero-order valence-electron chi connectivity index (χ0n) is 10.8. The third-order valence-corrected chi connectivity index (χ3v) is 3.21. The van der Waals surface area contributed by atoms with E-state index in [4.69, 9.17) is 0 Å². The van der Waals surface area contributed by atoms with Crippen LogP contribution in [0, 0.1) is 23.4 Å². The number of benzene rings is 2. The second kappa shape index (κ2) is 5.47. The van der Waals surface area contributed by atoms with Crippen LogP contribution in [0.5, 0.6) is 0 Å². The van der Waals surface area contributed by atoms with Gasteiger partial charge in [-0.1, -0.05) is 32.0 Å². The van der Waals surface area contributed by atoms with Gasteiger partial charge in [0.25, 0.3) is 0 Å². The van der Waals surface area contributed by atoms with E-state index in [2.05, 4.69) is 0 Å². The Labute approximate surface area is 110 Å². The molecule has 0 radical (unpaired) electrons. The maximum absolute atomic E-state index is 13.9. The van der Waals surface area contributed by atoms with E-state index in [1.165, 1.54) is 30.3 Å². The molecule has 0 amide bonds. The van der Waals surface area contributed by atoms with Crippen molar-refractivity contribution in [2.45, 2.75) is 19.8 Å². The van der Waals surface area contributed by atoms with E-state index in [1.54, 1.807) is 12.1 Å². The molecule has 1 atom stereocenters. The molecule has 0 aliphatic carbocycles. The Morgan fingerprint density at radius 3 is 1.79 bits per heavy atom. The molecular weight excluding hydrogens is 249 g/mol. The van der Waals surface area contributed by atoms with Crippen LogP contribution in [0.25, 0.3) is 0 Å². The van der Waals surface area contributed by atoms with E-state index in [1.807, 2.05) is 13.8 Å². The normalized spacial score (nSPS) is 12.7. The van der Waals surface area contributed by atoms with Gasteiger partial charge >= 0.3 is 0 Å². The molecule has 0 saturated carbocycles. The third kappa shape index (κ3) is 2.80. The van der Waals surface area contributed by atoms with E-state index < -0.39 is 17.6 Å². The lowest BCUT2D eigenvalue weighted by atomic mass is 9.82. The summed E-state index contributed by atoms with van der Waals surface area (Å²) in [5.41, 5.74) is 0.754. The summed E-state index contributed by atoms with van der Waals surface area (Å²) in [6, 6.07) is 9.61. The summed E-state index contributed by atoms with van der Waals surface area (Å²) in [5.74, 6) is -1.93. The van der Waals surface area contributed by atoms with Crippen LogP contribution >= 0.6 is 0 Å². The second-order valence-corrected chi connectivity index (χ2v) is 4.91. The minimum absolute atomic E-state index is 0.00291. The van der Waals surface area contributed by atoms with Gasteiger partial charge in [-0.3, -0.25) is 0 Å². The molecule has 3 heteroatoms. The van der Waals surface area contributed by atoms with Crippen LogP contribution in [0.15, 0.2) is 42.5 Å². The Morgan fingerprint density at radius 2 is 1.32 bits per heavy atom. The molecule has 2 rings (SSSR count). The van der Waals surface area contributed by atoms with Gasteiger partial charge in [0.15, 0.2) is 0 Å². The lowest BCUT2D eigenvalue weighted by molar-refractivity contribution is 0.485. The number of hydrogen-bond acceptors (Lipinski definition) is 0. The Hall–Kier alpha value is -1.77. The molecule has 0 aliphatic rings. The van der Waals surface area contributed by atoms with Gasteiger partial charge in [-0.2, -0.15) is 0 Å². The summed E-state index contributed by atoms with van der Waals surface area (Å²) in [6.07, 6.45) is 0. The first kappa shape index (κ1) is 13.7. The molecule has 0 bridgehead atoms. The average molecular weight is 264 g/mol. The Kier molecular flexibility index (Phi) is 3.93. The highest BCUT2D eigenvalue weighted by atomic mass is 19.1. The monoisotopic (exact) mass is 264 g/mol. The lowest BCUT2D eigenvalue weighted by Gasteiger charge is -2.23. The molecule has 0 spiro atoms. The van der Waals surface area contributed by atoms with Gasteiger partial charge in [0.05, 0.1) is 0 Å². The third-order valence-electron chi connectivity index (χ3n) is 3.21. The van der Waals surface area contributed by atoms with Gasteiger partial charge in [-0.05, 0) is 35.7 Å². The molecule has 2 aromatic carbocycles. The van der Waals surface area contributed by atoms with Crippen LogP contribution in [0.4, 0.5) is 13.2 Å². The molecule has 1 unspecified atom stereocenters. The molecular formula is C16H15F3. The average Bonchev–Trinajstić information content (AvgIpc) is 2.35. The molecule has 100 valence electrons. The van der Waals surface area contributed by atoms with Gasteiger partial charge in [0.1, 0.15) is 17.5 Å². The fourth-order valence-electron chi connectivity index (χ4n) is 2.36. The van der Waals surface area contributed by atoms with Crippen molar-refractivity contribution in [3.05, 3.63) is 71.0 Å². The van der Waals surface area contributed by atoms with Gasteiger partial charge in [0.2, 0.25) is 0 Å². The smallest absolute Gasteiger partial charge is 0.129 e. The first-order valence-electron chi connectivity index (χ1n) is 6.20. The van der Waals surface area contributed by atoms with Crippen molar-refractivity contribution in [1.82, 2.24) is 0 Å². The highest BCUT2D eigenvalue weighted by Crippen LogP contribution is 2.35. The van der Waals surface area contributed by atoms with E-state index in [-0.39, 0.29) is 17.3 Å². The standard InChI is InChI=1S/C16H15F3/c1-10(2)15(11-6-8-12(17)9-7-11)16-13(18)4-3-5-14(16)19/h3-10,15H,1-2H3. The van der Waals surface area contributed by atoms with Crippen LogP contribution < -0.4 is 0 Å². The quantitative estimate of drug-likeness (QED) is 0.740. The summed E-state index contributed by atoms with van der Waals surface area (Å²) in [6.45, 7) is 3.78. The van der Waals surface area contributed by atoms with Gasteiger partial charge in [-0.15, -0.1) is 0 Å². The van der Waals surface area contributed by atoms with Crippen molar-refractivity contribution in [3.8, 4) is 0 Å². The number of halogens is 3. The van der Waals surface area contributed by atoms with Crippen LogP contribution in [-0.2, 0) is 0 Å². The largest absolute Gasteiger partial charge is 0.207 e. The summed E-state index contributed by atoms with van der Waals surface area (Å²) in [5, 5.41) is 0. The molecule has 0 heterocycles. The summed E-state index contributed by atoms with van der Waals surface area (Å²) in [4.78, 5) is 0. The SMILES string of the molecule is CC(C)C(c1ccc(F)cc1)c1c(F)cccc1F. The van der Waals surface area contributed by atoms with Gasteiger partial charge < -0.3 is 0 Å². The predicted molar refractivity (Wildman–Crippen MR) is 69.4 cm³/mol. The zero-order chi connectivity index (χ0) is 14.0. The van der Waals surface area contributed by atoms with Crippen molar-refractivity contribution in [1.29, 1.82) is 0 Å². The maximum Gasteiger partial charge on any atom is 0.129 e. The molecule has 0 aromatic heterocycles. The van der Waals surface area contributed by atoms with Crippen molar-refractivity contribution in [3.63, 3.8) is 0 Å². The highest BCUT2D eigenvalue weighted by Gasteiger charge is 2.24. The molecule has 0 saturated heterocycles. The molecule has 0 aliphatic heterocycles. The molecule has 0 nitrogen and oxygen atoms in total. The van der Waals surface area contributed by atoms with Crippen LogP contribution in [0.1, 0.15) is 30.9 Å². The minimum atomic E-state index is -0.567. The summed E-state index contributed by atoms with van der Waals surface area (Å²) in [7, 11) is 0. The Bertz CT molecular complexity index is 538. The Balaban J connectivity index is 2.55. The second-order valence-electron chi connectivity index (χ2n) is 4.91. The van der Waals surface area contributed by atoms with E-state index in [9.17, 15) is 13.2 Å². The van der Waals surface area contributed by atoms with Gasteiger partial charge in [0, 0.05) is 11.5 Å². The van der Waals surface area contributed by atoms with Crippen molar-refractivity contribution in [2.75, 3.05) is 0 Å². The topological polar surface area (TPSA) is 0 Å². The fraction of sp³-hybridized carbons (Fsp3) is 0.250. The van der Waals surface area contributed by atoms with E-state index >= 15 is 0 Å². The Morgan fingerprint density at radius 1 is 0.789 bits per heavy atom. The van der Waals surface area contributed by atoms with Crippen molar-refractivity contribution in [2.24, 2.45) is 5.92 Å². The maximum atomic E-state index is 13.9. The molecule has 19 heavy (non-hydrogen) atoms. The summed E-state index contributed by atoms with van der Waals surface area (Å²) >= 11 is 0. The summed E-state index contributed by atoms with van der Waals surface area (Å²) < 4.78 is 40.8. The predicted octanol–water partition coefficient (Wildman–Crippen LogP) is 4.89. The first-order chi connectivity index (χ1) is 9.00. The minimum Gasteiger partial charge on any atom is -0.207 e. The van der Waals surface area contributed by atoms with Crippen LogP contribution in [0.3, 0.4) is 0 Å². The van der Waals surface area contributed by atoms with Crippen molar-refractivity contribution < 1.29 is 13.2 Å². The van der Waals surface area contributed by atoms with Crippen LogP contribution in [0.2, 0.25) is 0 Å². The van der Waals surface area contributed by atoms with Crippen LogP contribution in [-0.4, -0.2) is 0 Å². The molecule has 2 aromatic rings.